The topological polar surface area (TPSA) is 38.0 Å². The maximum atomic E-state index is 13.7. The summed E-state index contributed by atoms with van der Waals surface area (Å²) in [6, 6.07) is 2.84. The highest BCUT2D eigenvalue weighted by Gasteiger charge is 2.17. The summed E-state index contributed by atoms with van der Waals surface area (Å²) in [5, 5.41) is 0. The molecule has 0 aliphatic carbocycles. The molecule has 0 saturated carbocycles. The first-order chi connectivity index (χ1) is 7.61. The Hall–Kier alpha value is -1.00. The van der Waals surface area contributed by atoms with E-state index in [1.807, 2.05) is 6.92 Å². The van der Waals surface area contributed by atoms with Crippen molar-refractivity contribution in [1.29, 1.82) is 0 Å². The maximum absolute atomic E-state index is 13.7. The Bertz CT molecular complexity index is 353. The van der Waals surface area contributed by atoms with Gasteiger partial charge in [-0.2, -0.15) is 0 Å². The van der Waals surface area contributed by atoms with Crippen molar-refractivity contribution in [2.24, 2.45) is 5.84 Å². The van der Waals surface area contributed by atoms with Gasteiger partial charge >= 0.3 is 0 Å². The first-order valence-corrected chi connectivity index (χ1v) is 5.52. The molecule has 1 unspecified atom stereocenters. The number of aryl methyl sites for hydroxylation is 1. The third-order valence-electron chi connectivity index (χ3n) is 2.73. The minimum Gasteiger partial charge on any atom is -0.271 e. The summed E-state index contributed by atoms with van der Waals surface area (Å²) in [5.41, 5.74) is 3.15. The number of unbranched alkanes of at least 4 members (excludes halogenated alkanes) is 1. The molecule has 0 radical (unpaired) electrons. The van der Waals surface area contributed by atoms with Crippen molar-refractivity contribution in [3.8, 4) is 0 Å². The number of hydrogen-bond acceptors (Lipinski definition) is 2. The van der Waals surface area contributed by atoms with Gasteiger partial charge in [-0.1, -0.05) is 31.9 Å². The second kappa shape index (κ2) is 5.92. The first kappa shape index (κ1) is 13.1. The molecule has 0 aromatic heterocycles. The Kier molecular flexibility index (Phi) is 4.83. The van der Waals surface area contributed by atoms with Gasteiger partial charge in [0.1, 0.15) is 0 Å². The van der Waals surface area contributed by atoms with Crippen molar-refractivity contribution in [2.75, 3.05) is 0 Å². The molecule has 16 heavy (non-hydrogen) atoms. The summed E-state index contributed by atoms with van der Waals surface area (Å²) >= 11 is 0. The summed E-state index contributed by atoms with van der Waals surface area (Å²) in [4.78, 5) is 0. The quantitative estimate of drug-likeness (QED) is 0.600. The molecule has 0 bridgehead atoms. The highest BCUT2D eigenvalue weighted by atomic mass is 19.2. The molecule has 4 heteroatoms. The van der Waals surface area contributed by atoms with Gasteiger partial charge in [0, 0.05) is 11.6 Å². The van der Waals surface area contributed by atoms with Crippen LogP contribution >= 0.6 is 0 Å². The van der Waals surface area contributed by atoms with Crippen LogP contribution in [-0.4, -0.2) is 0 Å². The molecule has 0 spiro atoms. The molecular formula is C12H18F2N2. The van der Waals surface area contributed by atoms with Gasteiger partial charge in [-0.15, -0.1) is 0 Å². The van der Waals surface area contributed by atoms with Crippen LogP contribution in [-0.2, 0) is 0 Å². The van der Waals surface area contributed by atoms with E-state index in [0.29, 0.717) is 17.5 Å². The first-order valence-electron chi connectivity index (χ1n) is 5.52. The molecule has 0 aliphatic heterocycles. The van der Waals surface area contributed by atoms with Crippen LogP contribution in [0.1, 0.15) is 43.4 Å². The maximum Gasteiger partial charge on any atom is 0.163 e. The van der Waals surface area contributed by atoms with Gasteiger partial charge in [0.2, 0.25) is 0 Å². The molecule has 1 aromatic carbocycles. The Labute approximate surface area is 94.8 Å². The molecule has 0 saturated heterocycles. The van der Waals surface area contributed by atoms with Gasteiger partial charge in [-0.3, -0.25) is 11.3 Å². The van der Waals surface area contributed by atoms with Gasteiger partial charge in [0.15, 0.2) is 11.6 Å². The zero-order chi connectivity index (χ0) is 12.1. The number of benzene rings is 1. The van der Waals surface area contributed by atoms with Gasteiger partial charge in [-0.05, 0) is 18.9 Å². The molecule has 3 N–H and O–H groups in total. The van der Waals surface area contributed by atoms with Crippen LogP contribution < -0.4 is 11.3 Å². The second-order valence-corrected chi connectivity index (χ2v) is 3.96. The van der Waals surface area contributed by atoms with E-state index in [4.69, 9.17) is 5.84 Å². The van der Waals surface area contributed by atoms with Gasteiger partial charge in [0.05, 0.1) is 0 Å². The van der Waals surface area contributed by atoms with Crippen molar-refractivity contribution in [2.45, 2.75) is 39.2 Å². The van der Waals surface area contributed by atoms with Crippen molar-refractivity contribution < 1.29 is 8.78 Å². The van der Waals surface area contributed by atoms with E-state index in [9.17, 15) is 8.78 Å². The van der Waals surface area contributed by atoms with Crippen molar-refractivity contribution in [3.63, 3.8) is 0 Å². The largest absolute Gasteiger partial charge is 0.271 e. The monoisotopic (exact) mass is 228 g/mol. The summed E-state index contributed by atoms with van der Waals surface area (Å²) in [6.07, 6.45) is 2.62. The fraction of sp³-hybridized carbons (Fsp3) is 0.500. The molecule has 1 aromatic rings. The van der Waals surface area contributed by atoms with Crippen LogP contribution in [0.3, 0.4) is 0 Å². The summed E-state index contributed by atoms with van der Waals surface area (Å²) < 4.78 is 27.0. The minimum absolute atomic E-state index is 0.305. The normalized spacial score (nSPS) is 12.8. The predicted octanol–water partition coefficient (Wildman–Crippen LogP) is 2.97. The van der Waals surface area contributed by atoms with E-state index < -0.39 is 11.6 Å². The predicted molar refractivity (Wildman–Crippen MR) is 60.7 cm³/mol. The molecular weight excluding hydrogens is 210 g/mol. The molecule has 0 aliphatic rings. The lowest BCUT2D eigenvalue weighted by Gasteiger charge is -2.17. The molecule has 0 amide bonds. The molecule has 0 fully saturated rings. The zero-order valence-corrected chi connectivity index (χ0v) is 9.69. The molecule has 90 valence electrons. The standard InChI is InChI=1S/C12H18F2N2/c1-3-4-5-10(16-15)9-7-6-8(2)11(13)12(9)14/h6-7,10,16H,3-5,15H2,1-2H3. The summed E-state index contributed by atoms with van der Waals surface area (Å²) in [5.74, 6) is 3.79. The van der Waals surface area contributed by atoms with E-state index in [1.54, 1.807) is 19.1 Å². The Balaban J connectivity index is 2.96. The van der Waals surface area contributed by atoms with E-state index in [1.165, 1.54) is 0 Å². The number of hydrogen-bond donors (Lipinski definition) is 2. The third kappa shape index (κ3) is 2.77. The highest BCUT2D eigenvalue weighted by Crippen LogP contribution is 2.24. The fourth-order valence-corrected chi connectivity index (χ4v) is 1.67. The lowest BCUT2D eigenvalue weighted by atomic mass is 9.99. The van der Waals surface area contributed by atoms with E-state index in [2.05, 4.69) is 5.43 Å². The summed E-state index contributed by atoms with van der Waals surface area (Å²) in [7, 11) is 0. The Morgan fingerprint density at radius 2 is 2.00 bits per heavy atom. The molecule has 0 heterocycles. The SMILES string of the molecule is CCCCC(NN)c1ccc(C)c(F)c1F. The van der Waals surface area contributed by atoms with Crippen LogP contribution in [0.15, 0.2) is 12.1 Å². The Morgan fingerprint density at radius 3 is 2.56 bits per heavy atom. The average molecular weight is 228 g/mol. The molecule has 2 nitrogen and oxygen atoms in total. The Morgan fingerprint density at radius 1 is 1.31 bits per heavy atom. The van der Waals surface area contributed by atoms with Crippen molar-refractivity contribution >= 4 is 0 Å². The number of nitrogens with one attached hydrogen (secondary N) is 1. The highest BCUT2D eigenvalue weighted by molar-refractivity contribution is 5.27. The number of rotatable bonds is 5. The lowest BCUT2D eigenvalue weighted by Crippen LogP contribution is -2.29. The molecule has 1 rings (SSSR count). The van der Waals surface area contributed by atoms with Crippen LogP contribution in [0, 0.1) is 18.6 Å². The van der Waals surface area contributed by atoms with Gasteiger partial charge in [0.25, 0.3) is 0 Å². The van der Waals surface area contributed by atoms with Crippen LogP contribution in [0.2, 0.25) is 0 Å². The van der Waals surface area contributed by atoms with Gasteiger partial charge < -0.3 is 0 Å². The van der Waals surface area contributed by atoms with Crippen molar-refractivity contribution in [1.82, 2.24) is 5.43 Å². The lowest BCUT2D eigenvalue weighted by molar-refractivity contribution is 0.441. The molecule has 1 atom stereocenters. The van der Waals surface area contributed by atoms with E-state index in [-0.39, 0.29) is 6.04 Å². The zero-order valence-electron chi connectivity index (χ0n) is 9.69. The van der Waals surface area contributed by atoms with Gasteiger partial charge in [-0.25, -0.2) is 8.78 Å². The smallest absolute Gasteiger partial charge is 0.163 e. The van der Waals surface area contributed by atoms with Crippen LogP contribution in [0.4, 0.5) is 8.78 Å². The third-order valence-corrected chi connectivity index (χ3v) is 2.73. The fourth-order valence-electron chi connectivity index (χ4n) is 1.67. The van der Waals surface area contributed by atoms with E-state index >= 15 is 0 Å². The van der Waals surface area contributed by atoms with E-state index in [0.717, 1.165) is 12.8 Å². The minimum atomic E-state index is -0.793. The van der Waals surface area contributed by atoms with Crippen LogP contribution in [0.5, 0.6) is 0 Å². The van der Waals surface area contributed by atoms with Crippen LogP contribution in [0.25, 0.3) is 0 Å². The number of halogens is 2. The second-order valence-electron chi connectivity index (χ2n) is 3.96. The number of hydrazine groups is 1. The average Bonchev–Trinajstić information content (AvgIpc) is 2.29. The van der Waals surface area contributed by atoms with Crippen molar-refractivity contribution in [3.05, 3.63) is 34.9 Å². The number of nitrogens with two attached hydrogens (primary N) is 1. The summed E-state index contributed by atoms with van der Waals surface area (Å²) in [6.45, 7) is 3.58.